The Hall–Kier alpha value is -1.29. The molecule has 60 valence electrons. The number of hydrogen-bond acceptors (Lipinski definition) is 3. The van der Waals surface area contributed by atoms with Gasteiger partial charge in [-0.25, -0.2) is 0 Å². The molecule has 11 heavy (non-hydrogen) atoms. The highest BCUT2D eigenvalue weighted by Gasteiger charge is 1.93. The summed E-state index contributed by atoms with van der Waals surface area (Å²) in [5, 5.41) is 8.53. The van der Waals surface area contributed by atoms with Crippen LogP contribution in [0.4, 0.5) is 5.69 Å². The van der Waals surface area contributed by atoms with Crippen molar-refractivity contribution in [1.29, 1.82) is 0 Å². The van der Waals surface area contributed by atoms with Gasteiger partial charge >= 0.3 is 0 Å². The van der Waals surface area contributed by atoms with Crippen molar-refractivity contribution in [3.05, 3.63) is 28.7 Å². The van der Waals surface area contributed by atoms with Gasteiger partial charge in [-0.05, 0) is 6.07 Å². The second kappa shape index (κ2) is 3.21. The molecule has 1 aromatic rings. The highest BCUT2D eigenvalue weighted by molar-refractivity contribution is 5.33. The Morgan fingerprint density at radius 1 is 1.55 bits per heavy atom. The van der Waals surface area contributed by atoms with E-state index in [2.05, 4.69) is 0 Å². The minimum absolute atomic E-state index is 0.0522. The van der Waals surface area contributed by atoms with E-state index >= 15 is 0 Å². The summed E-state index contributed by atoms with van der Waals surface area (Å²) in [6.07, 6.45) is 1.51. The molecular weight excluding hydrogens is 144 g/mol. The number of pyridine rings is 1. The fourth-order valence-electron chi connectivity index (χ4n) is 0.832. The molecule has 0 saturated carbocycles. The number of nitrogens with two attached hydrogens (primary N) is 1. The predicted octanol–water partition coefficient (Wildman–Crippen LogP) is -0.577. The van der Waals surface area contributed by atoms with Gasteiger partial charge in [0.25, 0.3) is 5.56 Å². The standard InChI is InChI=1S/C7H10N2O2/c8-6-1-2-7(11)9(5-6)3-4-10/h1-2,5,10H,3-4,8H2. The fraction of sp³-hybridized carbons (Fsp3) is 0.286. The Kier molecular flexibility index (Phi) is 2.28. The lowest BCUT2D eigenvalue weighted by molar-refractivity contribution is 0.274. The van der Waals surface area contributed by atoms with Crippen molar-refractivity contribution >= 4 is 5.69 Å². The van der Waals surface area contributed by atoms with Crippen molar-refractivity contribution in [2.75, 3.05) is 12.3 Å². The number of rotatable bonds is 2. The lowest BCUT2D eigenvalue weighted by Gasteiger charge is -2.02. The molecule has 1 aromatic heterocycles. The number of nitrogens with zero attached hydrogens (tertiary/aromatic N) is 1. The zero-order valence-electron chi connectivity index (χ0n) is 6.03. The van der Waals surface area contributed by atoms with Crippen LogP contribution in [0.5, 0.6) is 0 Å². The van der Waals surface area contributed by atoms with Crippen molar-refractivity contribution in [3.63, 3.8) is 0 Å². The Morgan fingerprint density at radius 3 is 2.91 bits per heavy atom. The first kappa shape index (κ1) is 7.81. The summed E-state index contributed by atoms with van der Waals surface area (Å²) in [5.41, 5.74) is 5.80. The van der Waals surface area contributed by atoms with Crippen molar-refractivity contribution in [2.24, 2.45) is 0 Å². The molecular formula is C7H10N2O2. The normalized spacial score (nSPS) is 9.91. The van der Waals surface area contributed by atoms with Gasteiger partial charge in [-0.15, -0.1) is 0 Å². The molecule has 0 radical (unpaired) electrons. The molecule has 0 aliphatic heterocycles. The van der Waals surface area contributed by atoms with Gasteiger partial charge in [0.15, 0.2) is 0 Å². The smallest absolute Gasteiger partial charge is 0.250 e. The molecule has 0 bridgehead atoms. The van der Waals surface area contributed by atoms with Crippen LogP contribution in [-0.2, 0) is 6.54 Å². The van der Waals surface area contributed by atoms with E-state index < -0.39 is 0 Å². The summed E-state index contributed by atoms with van der Waals surface area (Å²) in [6.45, 7) is 0.243. The minimum Gasteiger partial charge on any atom is -0.398 e. The number of nitrogen functional groups attached to an aromatic ring is 1. The van der Waals surface area contributed by atoms with Crippen LogP contribution in [0, 0.1) is 0 Å². The zero-order valence-corrected chi connectivity index (χ0v) is 6.03. The van der Waals surface area contributed by atoms with Crippen LogP contribution in [0.1, 0.15) is 0 Å². The lowest BCUT2D eigenvalue weighted by atomic mass is 10.4. The van der Waals surface area contributed by atoms with Crippen molar-refractivity contribution in [1.82, 2.24) is 4.57 Å². The quantitative estimate of drug-likeness (QED) is 0.599. The van der Waals surface area contributed by atoms with E-state index in [1.165, 1.54) is 22.9 Å². The number of aliphatic hydroxyl groups is 1. The Labute approximate surface area is 63.9 Å². The average Bonchev–Trinajstić information content (AvgIpc) is 1.98. The van der Waals surface area contributed by atoms with Gasteiger partial charge in [0.05, 0.1) is 6.61 Å². The molecule has 0 spiro atoms. The van der Waals surface area contributed by atoms with E-state index in [9.17, 15) is 4.79 Å². The van der Waals surface area contributed by atoms with Gasteiger partial charge in [0.1, 0.15) is 0 Å². The van der Waals surface area contributed by atoms with E-state index in [1.54, 1.807) is 0 Å². The van der Waals surface area contributed by atoms with E-state index in [0.29, 0.717) is 12.2 Å². The minimum atomic E-state index is -0.145. The van der Waals surface area contributed by atoms with Gasteiger partial charge in [0.2, 0.25) is 0 Å². The maximum absolute atomic E-state index is 11.0. The van der Waals surface area contributed by atoms with Gasteiger partial charge in [-0.1, -0.05) is 0 Å². The second-order valence-electron chi connectivity index (χ2n) is 2.22. The van der Waals surface area contributed by atoms with Crippen molar-refractivity contribution < 1.29 is 5.11 Å². The lowest BCUT2D eigenvalue weighted by Crippen LogP contribution is -2.20. The number of aliphatic hydroxyl groups excluding tert-OH is 1. The highest BCUT2D eigenvalue weighted by Crippen LogP contribution is 1.94. The summed E-state index contributed by atoms with van der Waals surface area (Å²) < 4.78 is 1.37. The van der Waals surface area contributed by atoms with Gasteiger partial charge in [0, 0.05) is 24.5 Å². The number of hydrogen-bond donors (Lipinski definition) is 2. The molecule has 3 N–H and O–H groups in total. The summed E-state index contributed by atoms with van der Waals surface area (Å²) in [6, 6.07) is 2.92. The van der Waals surface area contributed by atoms with E-state index in [-0.39, 0.29) is 12.2 Å². The fourth-order valence-corrected chi connectivity index (χ4v) is 0.832. The molecule has 0 unspecified atom stereocenters. The first-order chi connectivity index (χ1) is 5.24. The SMILES string of the molecule is Nc1ccc(=O)n(CCO)c1. The van der Waals surface area contributed by atoms with Crippen LogP contribution in [0.2, 0.25) is 0 Å². The predicted molar refractivity (Wildman–Crippen MR) is 42.2 cm³/mol. The Morgan fingerprint density at radius 2 is 2.27 bits per heavy atom. The molecule has 4 heteroatoms. The van der Waals surface area contributed by atoms with Gasteiger partial charge in [-0.3, -0.25) is 4.79 Å². The van der Waals surface area contributed by atoms with Gasteiger partial charge < -0.3 is 15.4 Å². The van der Waals surface area contributed by atoms with Crippen LogP contribution in [-0.4, -0.2) is 16.3 Å². The third kappa shape index (κ3) is 1.81. The molecule has 0 aliphatic rings. The second-order valence-corrected chi connectivity index (χ2v) is 2.22. The Balaban J connectivity index is 3.03. The van der Waals surface area contributed by atoms with Crippen LogP contribution >= 0.6 is 0 Å². The zero-order chi connectivity index (χ0) is 8.27. The van der Waals surface area contributed by atoms with Crippen molar-refractivity contribution in [3.8, 4) is 0 Å². The molecule has 0 fully saturated rings. The monoisotopic (exact) mass is 154 g/mol. The maximum atomic E-state index is 11.0. The molecule has 0 aromatic carbocycles. The maximum Gasteiger partial charge on any atom is 0.250 e. The largest absolute Gasteiger partial charge is 0.398 e. The molecule has 1 rings (SSSR count). The third-order valence-electron chi connectivity index (χ3n) is 1.35. The number of aromatic nitrogens is 1. The molecule has 1 heterocycles. The first-order valence-corrected chi connectivity index (χ1v) is 3.31. The number of anilines is 1. The van der Waals surface area contributed by atoms with E-state index in [4.69, 9.17) is 10.8 Å². The molecule has 0 amide bonds. The summed E-state index contributed by atoms with van der Waals surface area (Å²) in [7, 11) is 0. The third-order valence-corrected chi connectivity index (χ3v) is 1.35. The van der Waals surface area contributed by atoms with Crippen LogP contribution in [0.15, 0.2) is 23.1 Å². The average molecular weight is 154 g/mol. The van der Waals surface area contributed by atoms with Crippen LogP contribution < -0.4 is 11.3 Å². The summed E-state index contributed by atoms with van der Waals surface area (Å²) >= 11 is 0. The Bertz CT molecular complexity index is 293. The highest BCUT2D eigenvalue weighted by atomic mass is 16.3. The summed E-state index contributed by atoms with van der Waals surface area (Å²) in [5.74, 6) is 0. The van der Waals surface area contributed by atoms with E-state index in [0.717, 1.165) is 0 Å². The van der Waals surface area contributed by atoms with Crippen molar-refractivity contribution in [2.45, 2.75) is 6.54 Å². The van der Waals surface area contributed by atoms with Crippen LogP contribution in [0.3, 0.4) is 0 Å². The van der Waals surface area contributed by atoms with Crippen LogP contribution in [0.25, 0.3) is 0 Å². The van der Waals surface area contributed by atoms with E-state index in [1.807, 2.05) is 0 Å². The molecule has 0 atom stereocenters. The first-order valence-electron chi connectivity index (χ1n) is 3.31. The molecule has 0 saturated heterocycles. The topological polar surface area (TPSA) is 68.2 Å². The van der Waals surface area contributed by atoms with Gasteiger partial charge in [-0.2, -0.15) is 0 Å². The summed E-state index contributed by atoms with van der Waals surface area (Å²) in [4.78, 5) is 11.0. The molecule has 4 nitrogen and oxygen atoms in total. The molecule has 0 aliphatic carbocycles.